The Hall–Kier alpha value is -1.66. The number of likely N-dealkylation sites (tertiary alicyclic amines) is 1. The van der Waals surface area contributed by atoms with Crippen LogP contribution in [0.2, 0.25) is 0 Å². The van der Waals surface area contributed by atoms with Gasteiger partial charge in [-0.3, -0.25) is 4.90 Å². The van der Waals surface area contributed by atoms with Gasteiger partial charge in [0.15, 0.2) is 0 Å². The van der Waals surface area contributed by atoms with E-state index in [9.17, 15) is 0 Å². The van der Waals surface area contributed by atoms with Gasteiger partial charge >= 0.3 is 0 Å². The molecule has 1 N–H and O–H groups in total. The molecule has 2 aromatic rings. The normalized spacial score (nSPS) is 17.4. The van der Waals surface area contributed by atoms with Gasteiger partial charge in [-0.2, -0.15) is 4.98 Å². The van der Waals surface area contributed by atoms with Crippen molar-refractivity contribution in [3.8, 4) is 11.4 Å². The Morgan fingerprint density at radius 1 is 1.38 bits per heavy atom. The minimum absolute atomic E-state index is 0.600. The van der Waals surface area contributed by atoms with Crippen molar-refractivity contribution in [1.29, 1.82) is 0 Å². The number of hydrogen-bond acceptors (Lipinski definition) is 6. The molecule has 3 rings (SSSR count). The van der Waals surface area contributed by atoms with Gasteiger partial charge in [0.05, 0.1) is 18.4 Å². The van der Waals surface area contributed by atoms with Crippen LogP contribution in [0.5, 0.6) is 0 Å². The van der Waals surface area contributed by atoms with E-state index in [1.807, 2.05) is 13.1 Å². The molecule has 0 atom stereocenters. The summed E-state index contributed by atoms with van der Waals surface area (Å²) in [4.78, 5) is 6.82. The van der Waals surface area contributed by atoms with Gasteiger partial charge in [0.2, 0.25) is 11.7 Å². The lowest BCUT2D eigenvalue weighted by molar-refractivity contribution is 0.155. The van der Waals surface area contributed by atoms with E-state index in [0.717, 1.165) is 37.7 Å². The van der Waals surface area contributed by atoms with Crippen LogP contribution in [0.1, 0.15) is 25.2 Å². The second kappa shape index (κ2) is 6.87. The van der Waals surface area contributed by atoms with Crippen molar-refractivity contribution in [2.75, 3.05) is 26.7 Å². The Kier molecular flexibility index (Phi) is 4.67. The zero-order valence-electron chi connectivity index (χ0n) is 12.4. The molecule has 21 heavy (non-hydrogen) atoms. The van der Waals surface area contributed by atoms with Crippen molar-refractivity contribution in [2.45, 2.75) is 25.8 Å². The van der Waals surface area contributed by atoms with E-state index in [0.29, 0.717) is 11.7 Å². The lowest BCUT2D eigenvalue weighted by Crippen LogP contribution is -2.34. The van der Waals surface area contributed by atoms with Crippen molar-refractivity contribution in [2.24, 2.45) is 5.92 Å². The first-order chi connectivity index (χ1) is 10.3. The van der Waals surface area contributed by atoms with Crippen molar-refractivity contribution < 1.29 is 8.94 Å². The lowest BCUT2D eigenvalue weighted by Gasteiger charge is -2.30. The molecule has 0 radical (unpaired) electrons. The van der Waals surface area contributed by atoms with Crippen molar-refractivity contribution in [3.63, 3.8) is 0 Å². The molecule has 0 spiro atoms. The number of hydrogen-bond donors (Lipinski definition) is 1. The second-order valence-electron chi connectivity index (χ2n) is 5.64. The smallest absolute Gasteiger partial charge is 0.241 e. The quantitative estimate of drug-likeness (QED) is 0.879. The summed E-state index contributed by atoms with van der Waals surface area (Å²) in [5.74, 6) is 2.13. The highest BCUT2D eigenvalue weighted by atomic mass is 16.5. The maximum absolute atomic E-state index is 5.33. The third kappa shape index (κ3) is 3.71. The number of furan rings is 1. The number of nitrogens with one attached hydrogen (secondary N) is 1. The molecule has 0 aliphatic carbocycles. The molecule has 0 bridgehead atoms. The second-order valence-corrected chi connectivity index (χ2v) is 5.64. The van der Waals surface area contributed by atoms with E-state index in [1.54, 1.807) is 12.5 Å². The van der Waals surface area contributed by atoms with Crippen molar-refractivity contribution >= 4 is 0 Å². The predicted octanol–water partition coefficient (Wildman–Crippen LogP) is 2.15. The van der Waals surface area contributed by atoms with Crippen molar-refractivity contribution in [1.82, 2.24) is 20.4 Å². The van der Waals surface area contributed by atoms with E-state index in [2.05, 4.69) is 20.4 Å². The first-order valence-corrected chi connectivity index (χ1v) is 7.57. The van der Waals surface area contributed by atoms with Gasteiger partial charge in [0, 0.05) is 0 Å². The van der Waals surface area contributed by atoms with Crippen LogP contribution in [0.3, 0.4) is 0 Å². The van der Waals surface area contributed by atoms with Gasteiger partial charge in [-0.25, -0.2) is 0 Å². The lowest BCUT2D eigenvalue weighted by atomic mass is 9.93. The predicted molar refractivity (Wildman–Crippen MR) is 78.5 cm³/mol. The number of aromatic nitrogens is 2. The molecule has 1 saturated heterocycles. The van der Waals surface area contributed by atoms with Crippen LogP contribution in [-0.4, -0.2) is 41.7 Å². The highest BCUT2D eigenvalue weighted by molar-refractivity contribution is 5.51. The fourth-order valence-electron chi connectivity index (χ4n) is 2.80. The van der Waals surface area contributed by atoms with Gasteiger partial charge in [0.1, 0.15) is 6.26 Å². The molecule has 0 saturated carbocycles. The van der Waals surface area contributed by atoms with Gasteiger partial charge in [-0.05, 0) is 57.9 Å². The van der Waals surface area contributed by atoms with Gasteiger partial charge < -0.3 is 14.3 Å². The zero-order chi connectivity index (χ0) is 14.5. The van der Waals surface area contributed by atoms with Crippen LogP contribution < -0.4 is 5.32 Å². The molecule has 2 aromatic heterocycles. The van der Waals surface area contributed by atoms with Crippen LogP contribution in [0.15, 0.2) is 27.5 Å². The summed E-state index contributed by atoms with van der Waals surface area (Å²) < 4.78 is 10.4. The molecule has 3 heterocycles. The minimum Gasteiger partial charge on any atom is -0.472 e. The van der Waals surface area contributed by atoms with Crippen LogP contribution in [0.4, 0.5) is 0 Å². The topological polar surface area (TPSA) is 67.3 Å². The summed E-state index contributed by atoms with van der Waals surface area (Å²) in [7, 11) is 2.02. The Morgan fingerprint density at radius 2 is 2.24 bits per heavy atom. The highest BCUT2D eigenvalue weighted by Crippen LogP contribution is 2.22. The first-order valence-electron chi connectivity index (χ1n) is 7.57. The summed E-state index contributed by atoms with van der Waals surface area (Å²) in [6, 6.07) is 1.84. The Balaban J connectivity index is 1.49. The standard InChI is InChI=1S/C15H22N4O2/c1-16-6-2-12-3-7-19(8-4-12)10-14-17-15(18-21-14)13-5-9-20-11-13/h5,9,11-12,16H,2-4,6-8,10H2,1H3. The first kappa shape index (κ1) is 14.3. The molecule has 6 heteroatoms. The fourth-order valence-corrected chi connectivity index (χ4v) is 2.80. The van der Waals surface area contributed by atoms with Gasteiger partial charge in [-0.15, -0.1) is 0 Å². The molecule has 0 unspecified atom stereocenters. The Bertz CT molecular complexity index is 530. The van der Waals surface area contributed by atoms with Gasteiger partial charge in [0.25, 0.3) is 0 Å². The van der Waals surface area contributed by atoms with E-state index in [1.165, 1.54) is 19.3 Å². The number of piperidine rings is 1. The molecule has 1 fully saturated rings. The van der Waals surface area contributed by atoms with Crippen molar-refractivity contribution in [3.05, 3.63) is 24.5 Å². The molecule has 114 valence electrons. The molecule has 6 nitrogen and oxygen atoms in total. The summed E-state index contributed by atoms with van der Waals surface area (Å²) in [5.41, 5.74) is 0.857. The molecular weight excluding hydrogens is 268 g/mol. The molecule has 1 aliphatic rings. The maximum Gasteiger partial charge on any atom is 0.241 e. The fraction of sp³-hybridized carbons (Fsp3) is 0.600. The molecule has 0 aromatic carbocycles. The van der Waals surface area contributed by atoms with Crippen LogP contribution in [-0.2, 0) is 6.54 Å². The highest BCUT2D eigenvalue weighted by Gasteiger charge is 2.20. The third-order valence-corrected chi connectivity index (χ3v) is 4.12. The molecule has 1 aliphatic heterocycles. The summed E-state index contributed by atoms with van der Waals surface area (Å²) >= 11 is 0. The van der Waals surface area contributed by atoms with Gasteiger partial charge in [-0.1, -0.05) is 5.16 Å². The number of rotatable bonds is 6. The van der Waals surface area contributed by atoms with E-state index >= 15 is 0 Å². The SMILES string of the molecule is CNCCC1CCN(Cc2nc(-c3ccoc3)no2)CC1. The van der Waals surface area contributed by atoms with Crippen LogP contribution >= 0.6 is 0 Å². The summed E-state index contributed by atoms with van der Waals surface area (Å²) in [5, 5.41) is 7.23. The van der Waals surface area contributed by atoms with E-state index in [4.69, 9.17) is 8.94 Å². The monoisotopic (exact) mass is 290 g/mol. The Labute approximate surface area is 124 Å². The van der Waals surface area contributed by atoms with Crippen LogP contribution in [0, 0.1) is 5.92 Å². The summed E-state index contributed by atoms with van der Waals surface area (Å²) in [6.07, 6.45) is 7.02. The third-order valence-electron chi connectivity index (χ3n) is 4.12. The minimum atomic E-state index is 0.600. The Morgan fingerprint density at radius 3 is 2.95 bits per heavy atom. The average molecular weight is 290 g/mol. The zero-order valence-corrected chi connectivity index (χ0v) is 12.4. The van der Waals surface area contributed by atoms with E-state index < -0.39 is 0 Å². The van der Waals surface area contributed by atoms with Crippen LogP contribution in [0.25, 0.3) is 11.4 Å². The molecular formula is C15H22N4O2. The largest absolute Gasteiger partial charge is 0.472 e. The number of nitrogens with zero attached hydrogens (tertiary/aromatic N) is 3. The van der Waals surface area contributed by atoms with E-state index in [-0.39, 0.29) is 0 Å². The summed E-state index contributed by atoms with van der Waals surface area (Å²) in [6.45, 7) is 4.07. The average Bonchev–Trinajstić information content (AvgIpc) is 3.17. The maximum atomic E-state index is 5.33. The molecule has 0 amide bonds.